The molecule has 1 aromatic carbocycles. The van der Waals surface area contributed by atoms with E-state index in [4.69, 9.17) is 11.6 Å². The van der Waals surface area contributed by atoms with E-state index >= 15 is 0 Å². The van der Waals surface area contributed by atoms with Gasteiger partial charge >= 0.3 is 6.09 Å². The third-order valence-corrected chi connectivity index (χ3v) is 5.14. The van der Waals surface area contributed by atoms with Crippen LogP contribution in [0.25, 0.3) is 0 Å². The molecule has 0 saturated carbocycles. The first-order valence-corrected chi connectivity index (χ1v) is 9.44. The molecule has 0 radical (unpaired) electrons. The van der Waals surface area contributed by atoms with Crippen LogP contribution in [0.4, 0.5) is 10.5 Å². The molecule has 0 unspecified atom stereocenters. The van der Waals surface area contributed by atoms with Crippen molar-refractivity contribution in [1.82, 2.24) is 14.8 Å². The first-order chi connectivity index (χ1) is 13.3. The highest BCUT2D eigenvalue weighted by Gasteiger charge is 2.26. The second kappa shape index (κ2) is 8.58. The van der Waals surface area contributed by atoms with Gasteiger partial charge in [-0.15, -0.1) is 0 Å². The molecule has 7 nitrogen and oxygen atoms in total. The molecule has 28 heavy (non-hydrogen) atoms. The Morgan fingerprint density at radius 1 is 1.21 bits per heavy atom. The minimum Gasteiger partial charge on any atom is -0.465 e. The Kier molecular flexibility index (Phi) is 6.16. The van der Waals surface area contributed by atoms with Gasteiger partial charge in [-0.1, -0.05) is 29.8 Å². The minimum absolute atomic E-state index is 0.0283. The minimum atomic E-state index is -0.863. The number of anilines is 1. The molecule has 148 valence electrons. The number of nitrogens with zero attached hydrogens (tertiary/aromatic N) is 4. The summed E-state index contributed by atoms with van der Waals surface area (Å²) in [6.07, 6.45) is -0.863. The van der Waals surface area contributed by atoms with Crippen LogP contribution in [0.3, 0.4) is 0 Å². The van der Waals surface area contributed by atoms with Crippen LogP contribution < -0.4 is 4.90 Å². The number of pyridine rings is 1. The van der Waals surface area contributed by atoms with E-state index in [0.717, 1.165) is 17.8 Å². The molecule has 1 aliphatic heterocycles. The monoisotopic (exact) mass is 402 g/mol. The maximum absolute atomic E-state index is 12.6. The number of halogens is 1. The van der Waals surface area contributed by atoms with Crippen molar-refractivity contribution in [3.8, 4) is 0 Å². The lowest BCUT2D eigenvalue weighted by atomic mass is 10.1. The maximum Gasteiger partial charge on any atom is 0.407 e. The normalized spacial score (nSPS) is 17.4. The van der Waals surface area contributed by atoms with Gasteiger partial charge in [0.25, 0.3) is 5.91 Å². The highest BCUT2D eigenvalue weighted by Crippen LogP contribution is 2.19. The molecular formula is C20H23ClN4O3. The van der Waals surface area contributed by atoms with Gasteiger partial charge in [0, 0.05) is 45.0 Å². The summed E-state index contributed by atoms with van der Waals surface area (Å²) >= 11 is 5.87. The van der Waals surface area contributed by atoms with Gasteiger partial charge in [-0.25, -0.2) is 9.78 Å². The van der Waals surface area contributed by atoms with E-state index < -0.39 is 6.09 Å². The van der Waals surface area contributed by atoms with Gasteiger partial charge in [0.1, 0.15) is 10.8 Å². The zero-order chi connectivity index (χ0) is 20.3. The Morgan fingerprint density at radius 3 is 2.54 bits per heavy atom. The van der Waals surface area contributed by atoms with Crippen molar-refractivity contribution in [2.75, 3.05) is 31.6 Å². The van der Waals surface area contributed by atoms with Crippen LogP contribution in [-0.4, -0.2) is 64.6 Å². The molecule has 0 spiro atoms. The fourth-order valence-corrected chi connectivity index (χ4v) is 3.52. The van der Waals surface area contributed by atoms with Crippen molar-refractivity contribution in [1.29, 1.82) is 0 Å². The molecule has 1 atom stereocenters. The number of hydrogen-bond donors (Lipinski definition) is 1. The molecule has 1 aliphatic rings. The average molecular weight is 403 g/mol. The summed E-state index contributed by atoms with van der Waals surface area (Å²) in [5.74, 6) is -0.228. The lowest BCUT2D eigenvalue weighted by Gasteiger charge is -2.38. The molecule has 1 saturated heterocycles. The predicted molar refractivity (Wildman–Crippen MR) is 108 cm³/mol. The molecule has 8 heteroatoms. The molecule has 0 bridgehead atoms. The molecule has 2 heterocycles. The van der Waals surface area contributed by atoms with Crippen molar-refractivity contribution < 1.29 is 14.7 Å². The first-order valence-electron chi connectivity index (χ1n) is 9.06. The van der Waals surface area contributed by atoms with Crippen LogP contribution >= 0.6 is 11.6 Å². The predicted octanol–water partition coefficient (Wildman–Crippen LogP) is 3.20. The van der Waals surface area contributed by atoms with Gasteiger partial charge in [0.2, 0.25) is 0 Å². The number of rotatable bonds is 4. The number of hydrogen-bond acceptors (Lipinski definition) is 4. The van der Waals surface area contributed by atoms with Gasteiger partial charge in [0.15, 0.2) is 0 Å². The maximum atomic E-state index is 12.6. The fourth-order valence-electron chi connectivity index (χ4n) is 3.36. The first kappa shape index (κ1) is 20.1. The van der Waals surface area contributed by atoms with E-state index in [1.807, 2.05) is 31.2 Å². The Morgan fingerprint density at radius 2 is 1.93 bits per heavy atom. The Balaban J connectivity index is 1.62. The van der Waals surface area contributed by atoms with E-state index in [0.29, 0.717) is 25.3 Å². The lowest BCUT2D eigenvalue weighted by molar-refractivity contribution is 0.0711. The van der Waals surface area contributed by atoms with E-state index in [2.05, 4.69) is 9.88 Å². The van der Waals surface area contributed by atoms with Crippen LogP contribution in [0.15, 0.2) is 42.5 Å². The van der Waals surface area contributed by atoms with Crippen LogP contribution in [0.2, 0.25) is 5.15 Å². The van der Waals surface area contributed by atoms with Gasteiger partial charge in [-0.2, -0.15) is 0 Å². The number of aromatic nitrogens is 1. The van der Waals surface area contributed by atoms with E-state index in [1.165, 1.54) is 9.80 Å². The summed E-state index contributed by atoms with van der Waals surface area (Å²) < 4.78 is 0. The summed E-state index contributed by atoms with van der Waals surface area (Å²) in [6, 6.07) is 12.7. The molecule has 1 fully saturated rings. The Labute approximate surface area is 169 Å². The number of benzene rings is 1. The fraction of sp³-hybridized carbons (Fsp3) is 0.350. The molecule has 2 amide bonds. The van der Waals surface area contributed by atoms with Crippen LogP contribution in [0.1, 0.15) is 23.0 Å². The number of piperazine rings is 1. The highest BCUT2D eigenvalue weighted by molar-refractivity contribution is 6.29. The molecular weight excluding hydrogens is 380 g/mol. The largest absolute Gasteiger partial charge is 0.465 e. The summed E-state index contributed by atoms with van der Waals surface area (Å²) in [4.78, 5) is 33.1. The molecule has 3 rings (SSSR count). The average Bonchev–Trinajstić information content (AvgIpc) is 2.67. The summed E-state index contributed by atoms with van der Waals surface area (Å²) in [5, 5.41) is 9.46. The number of amides is 2. The summed E-state index contributed by atoms with van der Waals surface area (Å²) in [7, 11) is 1.70. The van der Waals surface area contributed by atoms with Crippen molar-refractivity contribution in [2.45, 2.75) is 19.5 Å². The topological polar surface area (TPSA) is 77.0 Å². The third-order valence-electron chi connectivity index (χ3n) is 4.93. The van der Waals surface area contributed by atoms with E-state index in [9.17, 15) is 14.7 Å². The third kappa shape index (κ3) is 4.61. The Hall–Kier alpha value is -2.64. The van der Waals surface area contributed by atoms with Crippen molar-refractivity contribution in [3.05, 3.63) is 58.9 Å². The van der Waals surface area contributed by atoms with E-state index in [1.54, 1.807) is 25.2 Å². The highest BCUT2D eigenvalue weighted by atomic mass is 35.5. The van der Waals surface area contributed by atoms with Gasteiger partial charge in [0.05, 0.1) is 0 Å². The second-order valence-corrected chi connectivity index (χ2v) is 7.32. The lowest BCUT2D eigenvalue weighted by Crippen LogP contribution is -2.53. The summed E-state index contributed by atoms with van der Waals surface area (Å²) in [6.45, 7) is 4.59. The van der Waals surface area contributed by atoms with Gasteiger partial charge < -0.3 is 14.9 Å². The number of carbonyl (C=O) groups excluding carboxylic acids is 1. The zero-order valence-electron chi connectivity index (χ0n) is 15.9. The van der Waals surface area contributed by atoms with Crippen molar-refractivity contribution >= 4 is 29.3 Å². The van der Waals surface area contributed by atoms with Crippen LogP contribution in [0, 0.1) is 0 Å². The van der Waals surface area contributed by atoms with Gasteiger partial charge in [-0.05, 0) is 36.8 Å². The van der Waals surface area contributed by atoms with Crippen molar-refractivity contribution in [2.24, 2.45) is 0 Å². The molecule has 2 aromatic rings. The summed E-state index contributed by atoms with van der Waals surface area (Å²) in [5.41, 5.74) is 2.17. The number of carboxylic acid groups (broad SMARTS) is 1. The smallest absolute Gasteiger partial charge is 0.407 e. The zero-order valence-corrected chi connectivity index (χ0v) is 16.6. The Bertz CT molecular complexity index is 859. The van der Waals surface area contributed by atoms with E-state index in [-0.39, 0.29) is 17.1 Å². The standard InChI is InChI=1S/C20H23ClN4O3/c1-14-12-24(10-11-25(14)20(27)28)13-15-6-8-16(9-7-15)23(2)19(26)17-4-3-5-18(21)22-17/h3-9,14H,10-13H2,1-2H3,(H,27,28)/t14-/m0/s1. The molecule has 1 aromatic heterocycles. The second-order valence-electron chi connectivity index (χ2n) is 6.94. The van der Waals surface area contributed by atoms with Gasteiger partial charge in [-0.3, -0.25) is 9.69 Å². The molecule has 1 N–H and O–H groups in total. The molecule has 0 aliphatic carbocycles. The van der Waals surface area contributed by atoms with Crippen molar-refractivity contribution in [3.63, 3.8) is 0 Å². The van der Waals surface area contributed by atoms with Crippen LogP contribution in [0.5, 0.6) is 0 Å². The SMILES string of the molecule is C[C@H]1CN(Cc2ccc(N(C)C(=O)c3cccc(Cl)n3)cc2)CCN1C(=O)O. The quantitative estimate of drug-likeness (QED) is 0.795. The number of carbonyl (C=O) groups is 2. The van der Waals surface area contributed by atoms with Crippen LogP contribution in [-0.2, 0) is 6.54 Å².